The fraction of sp³-hybridized carbons (Fsp3) is 0.500. The van der Waals surface area contributed by atoms with E-state index < -0.39 is 0 Å². The van der Waals surface area contributed by atoms with E-state index in [0.717, 1.165) is 18.8 Å². The van der Waals surface area contributed by atoms with Crippen LogP contribution in [0, 0.1) is 0 Å². The van der Waals surface area contributed by atoms with Gasteiger partial charge in [0, 0.05) is 39.3 Å². The van der Waals surface area contributed by atoms with Gasteiger partial charge >= 0.3 is 0 Å². The number of rotatable bonds is 7. The van der Waals surface area contributed by atoms with E-state index in [9.17, 15) is 0 Å². The average molecular weight is 327 g/mol. The van der Waals surface area contributed by atoms with Gasteiger partial charge in [-0.2, -0.15) is 0 Å². The fourth-order valence-electron chi connectivity index (χ4n) is 3.29. The van der Waals surface area contributed by atoms with E-state index in [2.05, 4.69) is 53.2 Å². The summed E-state index contributed by atoms with van der Waals surface area (Å²) in [6.45, 7) is 12.2. The molecule has 0 saturated carbocycles. The predicted octanol–water partition coefficient (Wildman–Crippen LogP) is 3.27. The first kappa shape index (κ1) is 17.2. The zero-order valence-electron chi connectivity index (χ0n) is 14.9. The molecule has 4 heteroatoms. The van der Waals surface area contributed by atoms with Gasteiger partial charge in [0.05, 0.1) is 12.3 Å². The molecule has 0 bridgehead atoms. The molecule has 1 fully saturated rings. The van der Waals surface area contributed by atoms with Crippen LogP contribution in [0.1, 0.15) is 36.8 Å². The van der Waals surface area contributed by atoms with Gasteiger partial charge in [0.25, 0.3) is 0 Å². The Bertz CT molecular complexity index is 603. The van der Waals surface area contributed by atoms with E-state index in [4.69, 9.17) is 4.42 Å². The minimum Gasteiger partial charge on any atom is -0.468 e. The largest absolute Gasteiger partial charge is 0.468 e. The van der Waals surface area contributed by atoms with E-state index in [-0.39, 0.29) is 6.04 Å². The second-order valence-corrected chi connectivity index (χ2v) is 6.60. The molecule has 1 aromatic carbocycles. The van der Waals surface area contributed by atoms with Crippen molar-refractivity contribution in [2.24, 2.45) is 0 Å². The van der Waals surface area contributed by atoms with Crippen molar-refractivity contribution in [2.75, 3.05) is 32.7 Å². The minimum atomic E-state index is 0.223. The number of hydrogen-bond acceptors (Lipinski definition) is 4. The maximum Gasteiger partial charge on any atom is 0.120 e. The summed E-state index contributed by atoms with van der Waals surface area (Å²) < 4.78 is 5.48. The lowest BCUT2D eigenvalue weighted by atomic mass is 10.1. The average Bonchev–Trinajstić information content (AvgIpc) is 3.16. The lowest BCUT2D eigenvalue weighted by Crippen LogP contribution is -2.45. The first-order chi connectivity index (χ1) is 11.8. The summed E-state index contributed by atoms with van der Waals surface area (Å²) >= 11 is 0. The molecule has 0 radical (unpaired) electrons. The van der Waals surface area contributed by atoms with E-state index in [1.807, 2.05) is 12.1 Å². The van der Waals surface area contributed by atoms with E-state index in [1.165, 1.54) is 43.9 Å². The molecule has 0 spiro atoms. The molecule has 3 rings (SSSR count). The molecular weight excluding hydrogens is 298 g/mol. The number of hydrogen-bond donors (Lipinski definition) is 1. The molecule has 1 atom stereocenters. The highest BCUT2D eigenvalue weighted by Gasteiger charge is 2.16. The van der Waals surface area contributed by atoms with Gasteiger partial charge in [-0.15, -0.1) is 0 Å². The van der Waals surface area contributed by atoms with Crippen molar-refractivity contribution in [1.29, 1.82) is 0 Å². The van der Waals surface area contributed by atoms with Crippen LogP contribution in [0.5, 0.6) is 0 Å². The molecule has 1 aliphatic rings. The third-order valence-corrected chi connectivity index (χ3v) is 4.99. The Morgan fingerprint density at radius 1 is 1.00 bits per heavy atom. The Morgan fingerprint density at radius 3 is 2.38 bits per heavy atom. The molecule has 0 unspecified atom stereocenters. The van der Waals surface area contributed by atoms with E-state index in [0.29, 0.717) is 0 Å². The van der Waals surface area contributed by atoms with Crippen LogP contribution in [-0.2, 0) is 13.1 Å². The van der Waals surface area contributed by atoms with Gasteiger partial charge in [-0.3, -0.25) is 4.90 Å². The van der Waals surface area contributed by atoms with Gasteiger partial charge in [-0.05, 0) is 36.7 Å². The van der Waals surface area contributed by atoms with Crippen LogP contribution in [0.4, 0.5) is 0 Å². The van der Waals surface area contributed by atoms with E-state index >= 15 is 0 Å². The molecular formula is C20H29N3O. The molecule has 0 amide bonds. The summed E-state index contributed by atoms with van der Waals surface area (Å²) in [6.07, 6.45) is 1.73. The monoisotopic (exact) mass is 327 g/mol. The number of furan rings is 1. The standard InChI is InChI=1S/C20H29N3O/c1-3-22-10-12-23(13-11-22)16-19-8-5-4-7-18(19)15-21-17(2)20-9-6-14-24-20/h4-9,14,17,21H,3,10-13,15-16H2,1-2H3/t17-/m1/s1. The van der Waals surface area contributed by atoms with Gasteiger partial charge < -0.3 is 14.6 Å². The van der Waals surface area contributed by atoms with Gasteiger partial charge in [0.2, 0.25) is 0 Å². The first-order valence-corrected chi connectivity index (χ1v) is 9.04. The number of nitrogens with one attached hydrogen (secondary N) is 1. The Morgan fingerprint density at radius 2 is 1.71 bits per heavy atom. The molecule has 1 aliphatic heterocycles. The van der Waals surface area contributed by atoms with Crippen molar-refractivity contribution in [3.05, 3.63) is 59.5 Å². The second-order valence-electron chi connectivity index (χ2n) is 6.60. The molecule has 24 heavy (non-hydrogen) atoms. The molecule has 130 valence electrons. The van der Waals surface area contributed by atoms with Gasteiger partial charge in [-0.25, -0.2) is 0 Å². The molecule has 2 heterocycles. The first-order valence-electron chi connectivity index (χ1n) is 9.04. The Kier molecular flexibility index (Phi) is 6.07. The van der Waals surface area contributed by atoms with Crippen LogP contribution < -0.4 is 5.32 Å². The maximum atomic E-state index is 5.48. The summed E-state index contributed by atoms with van der Waals surface area (Å²) in [6, 6.07) is 13.0. The smallest absolute Gasteiger partial charge is 0.120 e. The molecule has 4 nitrogen and oxygen atoms in total. The van der Waals surface area contributed by atoms with Gasteiger partial charge in [0.1, 0.15) is 5.76 Å². The van der Waals surface area contributed by atoms with Crippen LogP contribution >= 0.6 is 0 Å². The number of piperazine rings is 1. The summed E-state index contributed by atoms with van der Waals surface area (Å²) in [4.78, 5) is 5.09. The minimum absolute atomic E-state index is 0.223. The zero-order chi connectivity index (χ0) is 16.8. The number of nitrogens with zero attached hydrogens (tertiary/aromatic N) is 2. The predicted molar refractivity (Wildman–Crippen MR) is 97.8 cm³/mol. The van der Waals surface area contributed by atoms with Gasteiger partial charge in [-0.1, -0.05) is 31.2 Å². The number of benzene rings is 1. The third-order valence-electron chi connectivity index (χ3n) is 4.99. The summed E-state index contributed by atoms with van der Waals surface area (Å²) in [5, 5.41) is 3.57. The Labute approximate surface area is 145 Å². The molecule has 2 aromatic rings. The summed E-state index contributed by atoms with van der Waals surface area (Å²) in [5.74, 6) is 0.989. The Balaban J connectivity index is 1.57. The molecule has 1 N–H and O–H groups in total. The Hall–Kier alpha value is -1.62. The number of likely N-dealkylation sites (N-methyl/N-ethyl adjacent to an activating group) is 1. The quantitative estimate of drug-likeness (QED) is 0.846. The topological polar surface area (TPSA) is 31.6 Å². The van der Waals surface area contributed by atoms with Crippen molar-refractivity contribution in [2.45, 2.75) is 33.0 Å². The highest BCUT2D eigenvalue weighted by molar-refractivity contribution is 5.27. The SMILES string of the molecule is CCN1CCN(Cc2ccccc2CN[C@H](C)c2ccco2)CC1. The van der Waals surface area contributed by atoms with Crippen molar-refractivity contribution >= 4 is 0 Å². The summed E-state index contributed by atoms with van der Waals surface area (Å²) in [7, 11) is 0. The molecule has 1 aromatic heterocycles. The molecule has 1 saturated heterocycles. The van der Waals surface area contributed by atoms with Crippen LogP contribution in [-0.4, -0.2) is 42.5 Å². The molecule has 0 aliphatic carbocycles. The van der Waals surface area contributed by atoms with Crippen LogP contribution in [0.2, 0.25) is 0 Å². The van der Waals surface area contributed by atoms with Crippen molar-refractivity contribution < 1.29 is 4.42 Å². The lowest BCUT2D eigenvalue weighted by molar-refractivity contribution is 0.131. The van der Waals surface area contributed by atoms with Crippen LogP contribution in [0.25, 0.3) is 0 Å². The second kappa shape index (κ2) is 8.47. The highest BCUT2D eigenvalue weighted by Crippen LogP contribution is 2.17. The van der Waals surface area contributed by atoms with Crippen molar-refractivity contribution in [3.8, 4) is 0 Å². The highest BCUT2D eigenvalue weighted by atomic mass is 16.3. The summed E-state index contributed by atoms with van der Waals surface area (Å²) in [5.41, 5.74) is 2.82. The van der Waals surface area contributed by atoms with Gasteiger partial charge in [0.15, 0.2) is 0 Å². The lowest BCUT2D eigenvalue weighted by Gasteiger charge is -2.34. The normalized spacial score (nSPS) is 17.9. The third kappa shape index (κ3) is 4.47. The van der Waals surface area contributed by atoms with Crippen molar-refractivity contribution in [3.63, 3.8) is 0 Å². The fourth-order valence-corrected chi connectivity index (χ4v) is 3.29. The van der Waals surface area contributed by atoms with Crippen LogP contribution in [0.15, 0.2) is 47.1 Å². The maximum absolute atomic E-state index is 5.48. The van der Waals surface area contributed by atoms with Crippen molar-refractivity contribution in [1.82, 2.24) is 15.1 Å². The van der Waals surface area contributed by atoms with E-state index in [1.54, 1.807) is 6.26 Å². The zero-order valence-corrected chi connectivity index (χ0v) is 14.9. The van der Waals surface area contributed by atoms with Crippen LogP contribution in [0.3, 0.4) is 0 Å².